The first-order valence-electron chi connectivity index (χ1n) is 9.85. The number of fused-ring (bicyclic) bond motifs is 1. The van der Waals surface area contributed by atoms with E-state index in [4.69, 9.17) is 9.47 Å². The highest BCUT2D eigenvalue weighted by atomic mass is 32.1. The Balaban J connectivity index is 1.40. The maximum Gasteiger partial charge on any atom is 0.245 e. The maximum atomic E-state index is 11.9. The number of nitrogens with one attached hydrogen (secondary N) is 1. The van der Waals surface area contributed by atoms with Gasteiger partial charge in [0.2, 0.25) is 5.91 Å². The molecule has 1 N–H and O–H groups in total. The number of thiophene rings is 1. The third kappa shape index (κ3) is 5.29. The molecule has 4 rings (SSSR count). The Morgan fingerprint density at radius 2 is 1.90 bits per heavy atom. The molecule has 0 aliphatic rings. The number of carbonyl (C=O) groups is 1. The molecular formula is C25H22N2O3S. The standard InChI is InChI=1S/C25H22N2O3S/c1-29-24-14-18(16-26-27-25(28)15-21-9-5-13-31-21)11-12-23(24)30-17-20-8-4-7-19-6-2-3-10-22(19)20/h2-14,16H,15,17H2,1H3,(H,27,28)/b26-16-. The summed E-state index contributed by atoms with van der Waals surface area (Å²) in [5.41, 5.74) is 4.46. The van der Waals surface area contributed by atoms with Crippen LogP contribution in [0.2, 0.25) is 0 Å². The summed E-state index contributed by atoms with van der Waals surface area (Å²) in [5, 5.41) is 8.34. The van der Waals surface area contributed by atoms with E-state index in [-0.39, 0.29) is 5.91 Å². The quantitative estimate of drug-likeness (QED) is 0.309. The van der Waals surface area contributed by atoms with Crippen molar-refractivity contribution in [3.05, 3.63) is 94.2 Å². The van der Waals surface area contributed by atoms with E-state index in [0.29, 0.717) is 24.5 Å². The lowest BCUT2D eigenvalue weighted by Gasteiger charge is -2.12. The number of hydrogen-bond donors (Lipinski definition) is 1. The van der Waals surface area contributed by atoms with Crippen LogP contribution in [0.3, 0.4) is 0 Å². The molecule has 1 heterocycles. The van der Waals surface area contributed by atoms with Gasteiger partial charge in [0.15, 0.2) is 11.5 Å². The van der Waals surface area contributed by atoms with Gasteiger partial charge in [-0.2, -0.15) is 5.10 Å². The van der Waals surface area contributed by atoms with Gasteiger partial charge in [0.05, 0.1) is 19.7 Å². The highest BCUT2D eigenvalue weighted by molar-refractivity contribution is 7.10. The van der Waals surface area contributed by atoms with E-state index >= 15 is 0 Å². The van der Waals surface area contributed by atoms with Gasteiger partial charge in [-0.05, 0) is 51.5 Å². The van der Waals surface area contributed by atoms with Crippen LogP contribution in [0.1, 0.15) is 16.0 Å². The van der Waals surface area contributed by atoms with Gasteiger partial charge in [0.25, 0.3) is 0 Å². The summed E-state index contributed by atoms with van der Waals surface area (Å²) in [5.74, 6) is 1.10. The molecule has 0 spiro atoms. The van der Waals surface area contributed by atoms with Crippen molar-refractivity contribution in [1.29, 1.82) is 0 Å². The third-order valence-electron chi connectivity index (χ3n) is 4.77. The fraction of sp³-hybridized carbons (Fsp3) is 0.120. The minimum Gasteiger partial charge on any atom is -0.493 e. The van der Waals surface area contributed by atoms with Gasteiger partial charge in [-0.25, -0.2) is 5.43 Å². The van der Waals surface area contributed by atoms with Gasteiger partial charge < -0.3 is 9.47 Å². The van der Waals surface area contributed by atoms with Crippen LogP contribution in [0.15, 0.2) is 83.3 Å². The van der Waals surface area contributed by atoms with Crippen molar-refractivity contribution in [2.24, 2.45) is 5.10 Å². The SMILES string of the molecule is COc1cc(/C=N\NC(=O)Cc2cccs2)ccc1OCc1cccc2ccccc12. The summed E-state index contributed by atoms with van der Waals surface area (Å²) in [6.07, 6.45) is 1.91. The molecule has 0 radical (unpaired) electrons. The van der Waals surface area contributed by atoms with Crippen molar-refractivity contribution in [2.45, 2.75) is 13.0 Å². The predicted molar refractivity (Wildman–Crippen MR) is 125 cm³/mol. The summed E-state index contributed by atoms with van der Waals surface area (Å²) in [6, 6.07) is 23.8. The van der Waals surface area contributed by atoms with Crippen LogP contribution >= 0.6 is 11.3 Å². The van der Waals surface area contributed by atoms with Crippen molar-refractivity contribution >= 4 is 34.2 Å². The summed E-state index contributed by atoms with van der Waals surface area (Å²) in [7, 11) is 1.60. The van der Waals surface area contributed by atoms with Crippen LogP contribution in [0.4, 0.5) is 0 Å². The van der Waals surface area contributed by atoms with E-state index in [9.17, 15) is 4.79 Å². The molecule has 6 heteroatoms. The highest BCUT2D eigenvalue weighted by Gasteiger charge is 2.08. The number of rotatable bonds is 8. The molecule has 3 aromatic carbocycles. The summed E-state index contributed by atoms with van der Waals surface area (Å²) < 4.78 is 11.5. The predicted octanol–water partition coefficient (Wildman–Crippen LogP) is 5.18. The second-order valence-electron chi connectivity index (χ2n) is 6.89. The zero-order valence-electron chi connectivity index (χ0n) is 17.1. The Morgan fingerprint density at radius 3 is 2.74 bits per heavy atom. The number of hydrazone groups is 1. The van der Waals surface area contributed by atoms with Crippen molar-refractivity contribution < 1.29 is 14.3 Å². The molecule has 0 aliphatic heterocycles. The first kappa shape index (κ1) is 20.6. The van der Waals surface area contributed by atoms with E-state index < -0.39 is 0 Å². The average molecular weight is 431 g/mol. The average Bonchev–Trinajstić information content (AvgIpc) is 3.31. The zero-order chi connectivity index (χ0) is 21.5. The maximum absolute atomic E-state index is 11.9. The van der Waals surface area contributed by atoms with Gasteiger partial charge in [-0.15, -0.1) is 11.3 Å². The number of methoxy groups -OCH3 is 1. The molecule has 1 aromatic heterocycles. The van der Waals surface area contributed by atoms with Crippen LogP contribution in [0.5, 0.6) is 11.5 Å². The van der Waals surface area contributed by atoms with E-state index in [1.165, 1.54) is 10.8 Å². The monoisotopic (exact) mass is 430 g/mol. The Hall–Kier alpha value is -3.64. The molecule has 0 aliphatic carbocycles. The van der Waals surface area contributed by atoms with Gasteiger partial charge >= 0.3 is 0 Å². The lowest BCUT2D eigenvalue weighted by molar-refractivity contribution is -0.120. The number of hydrogen-bond acceptors (Lipinski definition) is 5. The second-order valence-corrected chi connectivity index (χ2v) is 7.92. The van der Waals surface area contributed by atoms with E-state index in [2.05, 4.69) is 34.8 Å². The Labute approximate surface area is 184 Å². The van der Waals surface area contributed by atoms with Gasteiger partial charge in [0.1, 0.15) is 6.61 Å². The van der Waals surface area contributed by atoms with Crippen LogP contribution in [-0.4, -0.2) is 19.2 Å². The van der Waals surface area contributed by atoms with Crippen molar-refractivity contribution in [3.8, 4) is 11.5 Å². The smallest absolute Gasteiger partial charge is 0.245 e. The molecule has 156 valence electrons. The van der Waals surface area contributed by atoms with Crippen molar-refractivity contribution in [3.63, 3.8) is 0 Å². The Morgan fingerprint density at radius 1 is 1.03 bits per heavy atom. The Bertz CT molecular complexity index is 1200. The largest absolute Gasteiger partial charge is 0.493 e. The van der Waals surface area contributed by atoms with Gasteiger partial charge in [-0.3, -0.25) is 4.79 Å². The summed E-state index contributed by atoms with van der Waals surface area (Å²) in [4.78, 5) is 12.9. The molecule has 0 atom stereocenters. The molecule has 4 aromatic rings. The summed E-state index contributed by atoms with van der Waals surface area (Å²) >= 11 is 1.55. The molecule has 1 amide bonds. The third-order valence-corrected chi connectivity index (χ3v) is 5.64. The van der Waals surface area contributed by atoms with Crippen LogP contribution in [0, 0.1) is 0 Å². The van der Waals surface area contributed by atoms with Gasteiger partial charge in [-0.1, -0.05) is 48.5 Å². The first-order valence-corrected chi connectivity index (χ1v) is 10.7. The van der Waals surface area contributed by atoms with Crippen molar-refractivity contribution in [1.82, 2.24) is 5.43 Å². The fourth-order valence-corrected chi connectivity index (χ4v) is 3.95. The topological polar surface area (TPSA) is 59.9 Å². The Kier molecular flexibility index (Phi) is 6.59. The molecule has 0 saturated heterocycles. The molecule has 0 unspecified atom stereocenters. The number of ether oxygens (including phenoxy) is 2. The number of amides is 1. The van der Waals surface area contributed by atoms with Crippen LogP contribution in [0.25, 0.3) is 10.8 Å². The van der Waals surface area contributed by atoms with Crippen LogP contribution in [-0.2, 0) is 17.8 Å². The molecule has 5 nitrogen and oxygen atoms in total. The fourth-order valence-electron chi connectivity index (χ4n) is 3.25. The number of carbonyl (C=O) groups excluding carboxylic acids is 1. The zero-order valence-corrected chi connectivity index (χ0v) is 17.9. The number of nitrogens with zero attached hydrogens (tertiary/aromatic N) is 1. The first-order chi connectivity index (χ1) is 15.2. The normalized spacial score (nSPS) is 11.0. The minimum atomic E-state index is -0.152. The van der Waals surface area contributed by atoms with Crippen LogP contribution < -0.4 is 14.9 Å². The molecule has 31 heavy (non-hydrogen) atoms. The van der Waals surface area contributed by atoms with Crippen molar-refractivity contribution in [2.75, 3.05) is 7.11 Å². The minimum absolute atomic E-state index is 0.152. The van der Waals surface area contributed by atoms with E-state index in [1.807, 2.05) is 53.9 Å². The molecule has 0 saturated carbocycles. The highest BCUT2D eigenvalue weighted by Crippen LogP contribution is 2.29. The lowest BCUT2D eigenvalue weighted by Crippen LogP contribution is -2.19. The lowest BCUT2D eigenvalue weighted by atomic mass is 10.1. The molecule has 0 bridgehead atoms. The molecular weight excluding hydrogens is 408 g/mol. The van der Waals surface area contributed by atoms with E-state index in [0.717, 1.165) is 16.0 Å². The summed E-state index contributed by atoms with van der Waals surface area (Å²) in [6.45, 7) is 0.434. The molecule has 0 fully saturated rings. The van der Waals surface area contributed by atoms with Gasteiger partial charge in [0, 0.05) is 4.88 Å². The second kappa shape index (κ2) is 9.91. The van der Waals surface area contributed by atoms with E-state index in [1.54, 1.807) is 24.7 Å². The number of benzene rings is 3.